The predicted octanol–water partition coefficient (Wildman–Crippen LogP) is -3.63. The van der Waals surface area contributed by atoms with Crippen molar-refractivity contribution in [3.8, 4) is 17.1 Å². The van der Waals surface area contributed by atoms with Gasteiger partial charge in [-0.25, -0.2) is 17.8 Å². The Labute approximate surface area is 325 Å². The Hall–Kier alpha value is -0.897. The molecular weight excluding hydrogens is 632 g/mol. The number of carbonyl (C=O) groups excluding carboxylic acids is 2. The smallest absolute Gasteiger partial charge is 0.652 e. The number of halogens is 1. The van der Waals surface area contributed by atoms with Gasteiger partial charge in [0.2, 0.25) is 10.0 Å². The van der Waals surface area contributed by atoms with E-state index in [1.807, 2.05) is 13.8 Å². The molecule has 208 valence electrons. The summed E-state index contributed by atoms with van der Waals surface area (Å²) in [6.07, 6.45) is -1.51. The molecule has 0 fully saturated rings. The summed E-state index contributed by atoms with van der Waals surface area (Å²) in [7, 11) is -2.25. The first kappa shape index (κ1) is 38.1. The van der Waals surface area contributed by atoms with E-state index in [4.69, 9.17) is 24.2 Å². The number of rotatable bonds is 8. The first-order valence-corrected chi connectivity index (χ1v) is 14.1. The molecule has 0 aliphatic heterocycles. The Balaban J connectivity index is 0.00000131. The summed E-state index contributed by atoms with van der Waals surface area (Å²) in [5.41, 5.74) is 3.47. The number of amides is 1. The van der Waals surface area contributed by atoms with Crippen LogP contribution in [-0.4, -0.2) is 44.9 Å². The molecule has 0 spiro atoms. The number of nitrogens with zero attached hydrogens (tertiary/aromatic N) is 2. The first-order chi connectivity index (χ1) is 18.3. The third-order valence-corrected chi connectivity index (χ3v) is 6.91. The third-order valence-electron chi connectivity index (χ3n) is 5.15. The summed E-state index contributed by atoms with van der Waals surface area (Å²) in [6.45, 7) is 3.63. The molecule has 2 aromatic heterocycles. The summed E-state index contributed by atoms with van der Waals surface area (Å²) in [6, 6.07) is 8.71. The van der Waals surface area contributed by atoms with Gasteiger partial charge in [-0.1, -0.05) is 0 Å². The molecular formula is C25H24FK2N3O8S2. The van der Waals surface area contributed by atoms with Gasteiger partial charge in [-0.2, -0.15) is 0 Å². The summed E-state index contributed by atoms with van der Waals surface area (Å²) in [5, 5.41) is 21.5. The molecule has 0 aliphatic rings. The third kappa shape index (κ3) is 10.4. The van der Waals surface area contributed by atoms with E-state index >= 15 is 0 Å². The molecule has 4 aromatic rings. The molecule has 0 unspecified atom stereocenters. The van der Waals surface area contributed by atoms with Gasteiger partial charge in [-0.05, 0) is 50.3 Å². The van der Waals surface area contributed by atoms with Crippen molar-refractivity contribution >= 4 is 50.1 Å². The van der Waals surface area contributed by atoms with E-state index < -0.39 is 27.9 Å². The van der Waals surface area contributed by atoms with Gasteiger partial charge in [0.25, 0.3) is 5.91 Å². The van der Waals surface area contributed by atoms with E-state index in [1.165, 1.54) is 47.0 Å². The summed E-state index contributed by atoms with van der Waals surface area (Å²) in [5.74, 6) is -0.331. The van der Waals surface area contributed by atoms with E-state index in [0.29, 0.717) is 16.6 Å². The Morgan fingerprint density at radius 1 is 1.17 bits per heavy atom. The topological polar surface area (TPSA) is 165 Å². The molecule has 0 aliphatic carbocycles. The van der Waals surface area contributed by atoms with Crippen LogP contribution < -0.4 is 127 Å². The number of anilines is 1. The van der Waals surface area contributed by atoms with Gasteiger partial charge in [0.1, 0.15) is 22.9 Å². The second-order valence-electron chi connectivity index (χ2n) is 8.37. The van der Waals surface area contributed by atoms with Gasteiger partial charge in [0.05, 0.1) is 41.4 Å². The first-order valence-electron chi connectivity index (χ1n) is 11.3. The zero-order chi connectivity index (χ0) is 28.9. The Morgan fingerprint density at radius 3 is 2.27 bits per heavy atom. The van der Waals surface area contributed by atoms with E-state index in [0.717, 1.165) is 6.26 Å². The van der Waals surface area contributed by atoms with Crippen molar-refractivity contribution in [1.29, 1.82) is 0 Å². The minimum absolute atomic E-state index is 0. The number of hydrogen-bond donors (Lipinski definition) is 1. The number of sulfonamides is 1. The molecule has 1 amide bonds. The number of furan rings is 1. The number of carboxylic acid groups (broad SMARTS) is 2. The Kier molecular flexibility index (Phi) is 15.6. The molecule has 4 rings (SSSR count). The molecule has 0 bridgehead atoms. The zero-order valence-corrected chi connectivity index (χ0v) is 31.1. The largest absolute Gasteiger partial charge is 1.00 e. The number of carbonyl (C=O) groups is 2. The van der Waals surface area contributed by atoms with E-state index in [9.17, 15) is 17.6 Å². The minimum Gasteiger partial charge on any atom is -0.652 e. The van der Waals surface area contributed by atoms with Crippen LogP contribution in [0, 0.1) is 5.82 Å². The molecule has 2 heterocycles. The normalized spacial score (nSPS) is 10.6. The van der Waals surface area contributed by atoms with Crippen molar-refractivity contribution in [1.82, 2.24) is 10.3 Å². The zero-order valence-electron chi connectivity index (χ0n) is 23.3. The maximum atomic E-state index is 13.5. The van der Waals surface area contributed by atoms with Crippen molar-refractivity contribution in [2.24, 2.45) is 0 Å². The van der Waals surface area contributed by atoms with Crippen molar-refractivity contribution in [2.75, 3.05) is 17.6 Å². The van der Waals surface area contributed by atoms with Gasteiger partial charge in [0.15, 0.2) is 0 Å². The van der Waals surface area contributed by atoms with Crippen LogP contribution in [0.1, 0.15) is 29.9 Å². The minimum atomic E-state index is -3.75. The monoisotopic (exact) mass is 655 g/mol. The number of fused-ring (bicyclic) bond motifs is 1. The maximum Gasteiger partial charge on any atom is 1.00 e. The van der Waals surface area contributed by atoms with Gasteiger partial charge >= 0.3 is 103 Å². The van der Waals surface area contributed by atoms with E-state index in [1.54, 1.807) is 23.0 Å². The van der Waals surface area contributed by atoms with Gasteiger partial charge in [0, 0.05) is 29.4 Å². The van der Waals surface area contributed by atoms with Gasteiger partial charge < -0.3 is 29.5 Å². The van der Waals surface area contributed by atoms with E-state index in [2.05, 4.69) is 10.3 Å². The molecule has 16 heteroatoms. The number of thiazole rings is 1. The molecule has 0 saturated heterocycles. The SMILES string of the molecule is CNC(=O)c1c(-c2ccc(F)cc2)oc2cc(N(Cc3cscn3)S(C)(=O)=O)c(OC(C)C)cc12.O=C([O-])[O-].[K+].[K+]. The molecule has 11 nitrogen and oxygen atoms in total. The summed E-state index contributed by atoms with van der Waals surface area (Å²) >= 11 is 1.36. The van der Waals surface area contributed by atoms with Crippen LogP contribution in [0.15, 0.2) is 51.7 Å². The summed E-state index contributed by atoms with van der Waals surface area (Å²) < 4.78 is 52.4. The maximum absolute atomic E-state index is 13.5. The van der Waals surface area contributed by atoms with Crippen LogP contribution in [0.2, 0.25) is 0 Å². The van der Waals surface area contributed by atoms with Gasteiger partial charge in [-0.15, -0.1) is 11.3 Å². The molecule has 1 N–H and O–H groups in total. The van der Waals surface area contributed by atoms with Crippen molar-refractivity contribution in [3.63, 3.8) is 0 Å². The predicted molar refractivity (Wildman–Crippen MR) is 139 cm³/mol. The standard InChI is InChI=1S/C24H24FN3O5S2.CH2O3.2K/c1-14(2)32-21-9-18-20(10-19(21)28(35(4,30)31)11-17-12-34-13-27-17)33-23(22(18)24(29)26-3)15-5-7-16(25)8-6-15;2-1(3)4;;/h5-10,12-14H,11H2,1-4H3,(H,26,29);(H2,2,3,4);;/q;;2*+1/p-2. The van der Waals surface area contributed by atoms with Crippen LogP contribution in [0.25, 0.3) is 22.3 Å². The average Bonchev–Trinajstić information content (AvgIpc) is 3.48. The fourth-order valence-corrected chi connectivity index (χ4v) is 5.07. The number of aromatic nitrogens is 1. The van der Waals surface area contributed by atoms with Crippen LogP contribution in [-0.2, 0) is 16.6 Å². The van der Waals surface area contributed by atoms with Crippen molar-refractivity contribution in [3.05, 3.63) is 64.4 Å². The second kappa shape index (κ2) is 16.8. The molecule has 0 saturated carbocycles. The van der Waals surface area contributed by atoms with Gasteiger partial charge in [-0.3, -0.25) is 9.10 Å². The Bertz CT molecular complexity index is 1570. The summed E-state index contributed by atoms with van der Waals surface area (Å²) in [4.78, 5) is 25.4. The molecule has 0 radical (unpaired) electrons. The van der Waals surface area contributed by atoms with Crippen molar-refractivity contribution in [2.45, 2.75) is 26.5 Å². The number of hydrogen-bond acceptors (Lipinski definition) is 10. The van der Waals surface area contributed by atoms with Crippen molar-refractivity contribution < 1.29 is 145 Å². The van der Waals surface area contributed by atoms with E-state index in [-0.39, 0.29) is 144 Å². The average molecular weight is 656 g/mol. The van der Waals surface area contributed by atoms with Crippen LogP contribution in [0.4, 0.5) is 14.9 Å². The van der Waals surface area contributed by atoms with Crippen LogP contribution in [0.5, 0.6) is 5.75 Å². The quantitative estimate of drug-likeness (QED) is 0.189. The fraction of sp³-hybridized carbons (Fsp3) is 0.240. The molecule has 2 aromatic carbocycles. The fourth-order valence-electron chi connectivity index (χ4n) is 3.65. The van der Waals surface area contributed by atoms with Crippen LogP contribution >= 0.6 is 11.3 Å². The number of ether oxygens (including phenoxy) is 1. The Morgan fingerprint density at radius 2 is 1.78 bits per heavy atom. The molecule has 41 heavy (non-hydrogen) atoms. The second-order valence-corrected chi connectivity index (χ2v) is 11.0. The number of nitrogens with one attached hydrogen (secondary N) is 1. The van der Waals surface area contributed by atoms with Crippen LogP contribution in [0.3, 0.4) is 0 Å². The molecule has 0 atom stereocenters. The number of benzene rings is 2.